The minimum Gasteiger partial charge on any atom is -0.406 e. The third-order valence-corrected chi connectivity index (χ3v) is 7.22. The average molecular weight is 593 g/mol. The van der Waals surface area contributed by atoms with Crippen molar-refractivity contribution in [3.8, 4) is 22.8 Å². The minimum atomic E-state index is -4.75. The fourth-order valence-electron chi connectivity index (χ4n) is 4.31. The van der Waals surface area contributed by atoms with Gasteiger partial charge < -0.3 is 4.74 Å². The van der Waals surface area contributed by atoms with Crippen LogP contribution in [0, 0.1) is 0 Å². The van der Waals surface area contributed by atoms with Crippen molar-refractivity contribution in [2.24, 2.45) is 10.2 Å². The topological polar surface area (TPSA) is 85.0 Å². The van der Waals surface area contributed by atoms with Crippen LogP contribution in [0.15, 0.2) is 89.3 Å². The van der Waals surface area contributed by atoms with Crippen molar-refractivity contribution in [3.63, 3.8) is 0 Å². The first-order chi connectivity index (χ1) is 20.0. The molecule has 2 heterocycles. The summed E-state index contributed by atoms with van der Waals surface area (Å²) in [6, 6.07) is 20.6. The number of para-hydroxylation sites is 1. The summed E-state index contributed by atoms with van der Waals surface area (Å²) in [5, 5.41) is 13.6. The molecule has 0 spiro atoms. The molecule has 1 fully saturated rings. The van der Waals surface area contributed by atoms with Crippen LogP contribution in [-0.4, -0.2) is 44.2 Å². The largest absolute Gasteiger partial charge is 0.573 e. The lowest BCUT2D eigenvalue weighted by Crippen LogP contribution is -2.40. The number of alkyl halides is 3. The molecule has 0 saturated carbocycles. The maximum Gasteiger partial charge on any atom is 0.573 e. The van der Waals surface area contributed by atoms with Gasteiger partial charge in [0.05, 0.1) is 17.6 Å². The van der Waals surface area contributed by atoms with Gasteiger partial charge in [-0.25, -0.2) is 9.67 Å². The summed E-state index contributed by atoms with van der Waals surface area (Å²) < 4.78 is 42.6. The summed E-state index contributed by atoms with van der Waals surface area (Å²) in [6.07, 6.45) is -1.23. The van der Waals surface area contributed by atoms with Crippen LogP contribution in [-0.2, 0) is 10.2 Å². The van der Waals surface area contributed by atoms with E-state index < -0.39 is 6.36 Å². The van der Waals surface area contributed by atoms with Crippen molar-refractivity contribution in [2.45, 2.75) is 39.0 Å². The van der Waals surface area contributed by atoms with E-state index in [1.165, 1.54) is 47.0 Å². The van der Waals surface area contributed by atoms with Crippen molar-refractivity contribution in [3.05, 3.63) is 90.3 Å². The number of halogens is 3. The summed E-state index contributed by atoms with van der Waals surface area (Å²) in [7, 11) is 0. The quantitative estimate of drug-likeness (QED) is 0.178. The van der Waals surface area contributed by atoms with E-state index in [2.05, 4.69) is 45.8 Å². The molecule has 1 saturated heterocycles. The number of carbonyl (C=O) groups excluding carboxylic acids is 1. The molecule has 12 heteroatoms. The molecule has 8 nitrogen and oxygen atoms in total. The maximum absolute atomic E-state index is 13.0. The van der Waals surface area contributed by atoms with Crippen molar-refractivity contribution in [1.82, 2.24) is 14.8 Å². The Balaban J connectivity index is 1.30. The van der Waals surface area contributed by atoms with Crippen molar-refractivity contribution in [1.29, 1.82) is 0 Å². The Morgan fingerprint density at radius 2 is 1.69 bits per heavy atom. The predicted octanol–water partition coefficient (Wildman–Crippen LogP) is 6.99. The normalized spacial score (nSPS) is 15.5. The molecule has 216 valence electrons. The first-order valence-electron chi connectivity index (χ1n) is 13.0. The van der Waals surface area contributed by atoms with Gasteiger partial charge in [0.1, 0.15) is 12.1 Å². The maximum atomic E-state index is 13.0. The van der Waals surface area contributed by atoms with Crippen LogP contribution in [0.5, 0.6) is 5.75 Å². The number of carbonyl (C=O) groups is 1. The summed E-state index contributed by atoms with van der Waals surface area (Å²) in [5.74, 6) is 0.757. The van der Waals surface area contributed by atoms with Gasteiger partial charge in [0.15, 0.2) is 11.0 Å². The summed E-state index contributed by atoms with van der Waals surface area (Å²) in [4.78, 5) is 18.9. The molecule has 4 aromatic rings. The van der Waals surface area contributed by atoms with E-state index >= 15 is 0 Å². The summed E-state index contributed by atoms with van der Waals surface area (Å²) in [6.45, 7) is 6.33. The monoisotopic (exact) mass is 592 g/mol. The number of benzene rings is 3. The molecule has 5 rings (SSSR count). The molecule has 0 radical (unpaired) electrons. The fourth-order valence-corrected chi connectivity index (χ4v) is 5.20. The Morgan fingerprint density at radius 1 is 0.976 bits per heavy atom. The number of amides is 1. The molecular formula is C30H27F3N6O2S. The third kappa shape index (κ3) is 6.88. The molecule has 0 aliphatic carbocycles. The first-order valence-corrected chi connectivity index (χ1v) is 14.0. The van der Waals surface area contributed by atoms with Crippen LogP contribution >= 0.6 is 11.8 Å². The zero-order valence-corrected chi connectivity index (χ0v) is 23.9. The number of hydrogen-bond acceptors (Lipinski definition) is 7. The van der Waals surface area contributed by atoms with Crippen LogP contribution < -0.4 is 9.64 Å². The van der Waals surface area contributed by atoms with Crippen molar-refractivity contribution >= 4 is 34.7 Å². The minimum absolute atomic E-state index is 0.0127. The lowest BCUT2D eigenvalue weighted by Gasteiger charge is -2.32. The van der Waals surface area contributed by atoms with Crippen LogP contribution in [0.1, 0.15) is 38.3 Å². The Bertz CT molecular complexity index is 1620. The van der Waals surface area contributed by atoms with Gasteiger partial charge in [0, 0.05) is 17.7 Å². The SMILES string of the molecule is CC(C)(C)c1ccccc1N1C(=O)CCS/C1=N\N=C\c1ccc(-c2ncn(-c3ccc(OC(F)(F)F)cc3)n2)cc1. The molecule has 0 atom stereocenters. The number of ether oxygens (including phenoxy) is 1. The van der Waals surface area contributed by atoms with Crippen LogP contribution in [0.25, 0.3) is 17.1 Å². The molecule has 0 N–H and O–H groups in total. The van der Waals surface area contributed by atoms with Crippen molar-refractivity contribution < 1.29 is 22.7 Å². The Morgan fingerprint density at radius 3 is 2.38 bits per heavy atom. The molecule has 1 aliphatic heterocycles. The highest BCUT2D eigenvalue weighted by atomic mass is 32.2. The molecule has 42 heavy (non-hydrogen) atoms. The molecule has 1 amide bonds. The van der Waals surface area contributed by atoms with Crippen molar-refractivity contribution in [2.75, 3.05) is 10.7 Å². The van der Waals surface area contributed by atoms with E-state index in [1.807, 2.05) is 48.5 Å². The molecule has 1 aliphatic rings. The highest BCUT2D eigenvalue weighted by Crippen LogP contribution is 2.35. The number of hydrogen-bond donors (Lipinski definition) is 0. The second kappa shape index (κ2) is 11.8. The average Bonchev–Trinajstić information content (AvgIpc) is 3.43. The number of thioether (sulfide) groups is 1. The summed E-state index contributed by atoms with van der Waals surface area (Å²) in [5.41, 5.74) is 3.78. The molecule has 3 aromatic carbocycles. The van der Waals surface area contributed by atoms with Crippen LogP contribution in [0.3, 0.4) is 0 Å². The lowest BCUT2D eigenvalue weighted by atomic mass is 9.85. The second-order valence-corrected chi connectivity index (χ2v) is 11.5. The predicted molar refractivity (Wildman–Crippen MR) is 158 cm³/mol. The third-order valence-electron chi connectivity index (χ3n) is 6.29. The van der Waals surface area contributed by atoms with E-state index in [0.29, 0.717) is 28.9 Å². The van der Waals surface area contributed by atoms with Gasteiger partial charge in [0.25, 0.3) is 0 Å². The number of anilines is 1. The van der Waals surface area contributed by atoms with Gasteiger partial charge in [-0.2, -0.15) is 5.10 Å². The number of nitrogens with zero attached hydrogens (tertiary/aromatic N) is 6. The molecule has 1 aromatic heterocycles. The van der Waals surface area contributed by atoms with Gasteiger partial charge in [0.2, 0.25) is 5.91 Å². The molecule has 0 bridgehead atoms. The zero-order valence-electron chi connectivity index (χ0n) is 23.0. The Kier molecular flexibility index (Phi) is 8.17. The second-order valence-electron chi connectivity index (χ2n) is 10.4. The van der Waals surface area contributed by atoms with Gasteiger partial charge in [-0.05, 0) is 46.9 Å². The Hall–Kier alpha value is -4.45. The lowest BCUT2D eigenvalue weighted by molar-refractivity contribution is -0.274. The number of aromatic nitrogens is 3. The van der Waals surface area contributed by atoms with Gasteiger partial charge in [-0.3, -0.25) is 9.69 Å². The fraction of sp³-hybridized carbons (Fsp3) is 0.233. The van der Waals surface area contributed by atoms with Crippen LogP contribution in [0.2, 0.25) is 0 Å². The van der Waals surface area contributed by atoms with E-state index in [9.17, 15) is 18.0 Å². The van der Waals surface area contributed by atoms with E-state index in [0.717, 1.165) is 22.4 Å². The van der Waals surface area contributed by atoms with Gasteiger partial charge in [-0.1, -0.05) is 75.0 Å². The number of amidine groups is 1. The standard InChI is InChI=1S/C30H27F3N6O2S/c1-29(2,3)24-6-4-5-7-25(24)39-26(40)16-17-42-28(39)36-35-18-20-8-10-21(11-9-20)27-34-19-38(37-27)22-12-14-23(15-13-22)41-30(31,32)33/h4-15,18-19H,16-17H2,1-3H3/b35-18+,36-28-. The highest BCUT2D eigenvalue weighted by molar-refractivity contribution is 8.14. The molecular weight excluding hydrogens is 565 g/mol. The van der Waals surface area contributed by atoms with Gasteiger partial charge >= 0.3 is 6.36 Å². The Labute approximate surface area is 244 Å². The smallest absolute Gasteiger partial charge is 0.406 e. The highest BCUT2D eigenvalue weighted by Gasteiger charge is 2.32. The van der Waals surface area contributed by atoms with E-state index in [4.69, 9.17) is 0 Å². The first kappa shape index (κ1) is 29.1. The zero-order chi connectivity index (χ0) is 29.9. The van der Waals surface area contributed by atoms with E-state index in [-0.39, 0.29) is 17.1 Å². The number of rotatable bonds is 6. The van der Waals surface area contributed by atoms with E-state index in [1.54, 1.807) is 11.1 Å². The summed E-state index contributed by atoms with van der Waals surface area (Å²) >= 11 is 1.49. The van der Waals surface area contributed by atoms with Gasteiger partial charge in [-0.15, -0.1) is 23.4 Å². The van der Waals surface area contributed by atoms with Crippen LogP contribution in [0.4, 0.5) is 18.9 Å². The molecule has 0 unspecified atom stereocenters.